The molecule has 94 valence electrons. The van der Waals surface area contributed by atoms with Crippen molar-refractivity contribution in [2.45, 2.75) is 32.4 Å². The van der Waals surface area contributed by atoms with E-state index >= 15 is 0 Å². The number of amides is 1. The van der Waals surface area contributed by atoms with E-state index in [0.29, 0.717) is 17.7 Å². The smallest absolute Gasteiger partial charge is 0.248 e. The zero-order valence-corrected chi connectivity index (χ0v) is 10.1. The van der Waals surface area contributed by atoms with E-state index < -0.39 is 5.91 Å². The Labute approximate surface area is 101 Å². The Kier molecular flexibility index (Phi) is 4.34. The summed E-state index contributed by atoms with van der Waals surface area (Å²) in [4.78, 5) is 10.9. The molecule has 0 radical (unpaired) electrons. The summed E-state index contributed by atoms with van der Waals surface area (Å²) in [7, 11) is 0. The van der Waals surface area contributed by atoms with Crippen molar-refractivity contribution in [2.24, 2.45) is 5.73 Å². The second kappa shape index (κ2) is 5.54. The minimum Gasteiger partial charge on any atom is -0.397 e. The van der Waals surface area contributed by atoms with Crippen LogP contribution in [0, 0.1) is 0 Å². The summed E-state index contributed by atoms with van der Waals surface area (Å²) < 4.78 is 0. The minimum absolute atomic E-state index is 0.0942. The van der Waals surface area contributed by atoms with Crippen molar-refractivity contribution in [3.63, 3.8) is 0 Å². The van der Waals surface area contributed by atoms with Crippen LogP contribution < -0.4 is 16.8 Å². The van der Waals surface area contributed by atoms with Gasteiger partial charge in [0.1, 0.15) is 0 Å². The fourth-order valence-corrected chi connectivity index (χ4v) is 1.68. The van der Waals surface area contributed by atoms with Crippen molar-refractivity contribution in [1.82, 2.24) is 0 Å². The Morgan fingerprint density at radius 3 is 2.59 bits per heavy atom. The summed E-state index contributed by atoms with van der Waals surface area (Å²) in [5.74, 6) is -0.500. The van der Waals surface area contributed by atoms with Gasteiger partial charge in [0.05, 0.1) is 17.5 Å². The molecule has 0 saturated heterocycles. The van der Waals surface area contributed by atoms with Crippen LogP contribution in [-0.2, 0) is 0 Å². The molecule has 0 saturated carbocycles. The Balaban J connectivity index is 2.75. The fraction of sp³-hybridized carbons (Fsp3) is 0.417. The first-order valence-corrected chi connectivity index (χ1v) is 5.54. The van der Waals surface area contributed by atoms with Crippen LogP contribution in [0.1, 0.15) is 30.6 Å². The number of nitrogens with two attached hydrogens (primary N) is 2. The van der Waals surface area contributed by atoms with Crippen LogP contribution in [0.15, 0.2) is 18.2 Å². The van der Waals surface area contributed by atoms with E-state index in [1.807, 2.05) is 6.92 Å². The van der Waals surface area contributed by atoms with E-state index in [2.05, 4.69) is 5.32 Å². The minimum atomic E-state index is -0.500. The monoisotopic (exact) mass is 237 g/mol. The number of nitrogen functional groups attached to an aromatic ring is 1. The van der Waals surface area contributed by atoms with Crippen LogP contribution >= 0.6 is 0 Å². The number of aliphatic hydroxyl groups is 1. The van der Waals surface area contributed by atoms with Crippen LogP contribution in [0.3, 0.4) is 0 Å². The van der Waals surface area contributed by atoms with Crippen LogP contribution in [0.4, 0.5) is 11.4 Å². The Bertz CT molecular complexity index is 405. The van der Waals surface area contributed by atoms with Crippen LogP contribution in [0.2, 0.25) is 0 Å². The zero-order chi connectivity index (χ0) is 13.0. The average molecular weight is 237 g/mol. The molecule has 6 N–H and O–H groups in total. The van der Waals surface area contributed by atoms with E-state index in [-0.39, 0.29) is 12.1 Å². The molecule has 0 bridgehead atoms. The van der Waals surface area contributed by atoms with Crippen LogP contribution in [0.25, 0.3) is 0 Å². The molecule has 2 atom stereocenters. The highest BCUT2D eigenvalue weighted by molar-refractivity contribution is 5.94. The maximum atomic E-state index is 10.9. The van der Waals surface area contributed by atoms with Crippen molar-refractivity contribution < 1.29 is 9.90 Å². The quantitative estimate of drug-likeness (QED) is 0.572. The third kappa shape index (κ3) is 3.96. The predicted molar refractivity (Wildman–Crippen MR) is 68.8 cm³/mol. The van der Waals surface area contributed by atoms with Crippen molar-refractivity contribution >= 4 is 17.3 Å². The van der Waals surface area contributed by atoms with E-state index in [1.54, 1.807) is 25.1 Å². The summed E-state index contributed by atoms with van der Waals surface area (Å²) in [6, 6.07) is 4.97. The first-order valence-electron chi connectivity index (χ1n) is 5.54. The highest BCUT2D eigenvalue weighted by Gasteiger charge is 2.09. The van der Waals surface area contributed by atoms with Gasteiger partial charge in [0.2, 0.25) is 5.91 Å². The molecule has 0 aromatic heterocycles. The molecule has 5 heteroatoms. The van der Waals surface area contributed by atoms with Gasteiger partial charge >= 0.3 is 0 Å². The highest BCUT2D eigenvalue weighted by atomic mass is 16.3. The number of nitrogens with one attached hydrogen (secondary N) is 1. The molecule has 0 heterocycles. The fourth-order valence-electron chi connectivity index (χ4n) is 1.68. The molecule has 0 fully saturated rings. The Morgan fingerprint density at radius 1 is 1.47 bits per heavy atom. The lowest BCUT2D eigenvalue weighted by molar-refractivity contribution is 0.100. The normalized spacial score (nSPS) is 14.1. The van der Waals surface area contributed by atoms with Gasteiger partial charge in [-0.05, 0) is 38.5 Å². The number of carbonyl (C=O) groups excluding carboxylic acids is 1. The van der Waals surface area contributed by atoms with Gasteiger partial charge < -0.3 is 21.9 Å². The number of benzene rings is 1. The second-order valence-corrected chi connectivity index (χ2v) is 4.30. The van der Waals surface area contributed by atoms with Crippen LogP contribution in [0.5, 0.6) is 0 Å². The summed E-state index contributed by atoms with van der Waals surface area (Å²) in [5.41, 5.74) is 12.6. The standard InChI is InChI=1S/C12H19N3O2/c1-7(5-8(2)16)15-11-4-3-9(12(14)17)6-10(11)13/h3-4,6-8,15-16H,5,13H2,1-2H3,(H2,14,17). The third-order valence-electron chi connectivity index (χ3n) is 2.43. The second-order valence-electron chi connectivity index (χ2n) is 4.30. The number of hydrogen-bond donors (Lipinski definition) is 4. The molecule has 17 heavy (non-hydrogen) atoms. The SMILES string of the molecule is CC(O)CC(C)Nc1ccc(C(N)=O)cc1N. The third-order valence-corrected chi connectivity index (χ3v) is 2.43. The van der Waals surface area contributed by atoms with Crippen molar-refractivity contribution in [2.75, 3.05) is 11.1 Å². The molecular weight excluding hydrogens is 218 g/mol. The van der Waals surface area contributed by atoms with E-state index in [1.165, 1.54) is 0 Å². The molecule has 1 aromatic carbocycles. The topological polar surface area (TPSA) is 101 Å². The van der Waals surface area contributed by atoms with Gasteiger partial charge in [0.15, 0.2) is 0 Å². The Hall–Kier alpha value is -1.75. The number of anilines is 2. The number of primary amides is 1. The average Bonchev–Trinajstić information content (AvgIpc) is 2.19. The molecule has 0 aliphatic carbocycles. The first-order chi connectivity index (χ1) is 7.90. The van der Waals surface area contributed by atoms with E-state index in [9.17, 15) is 9.90 Å². The zero-order valence-electron chi connectivity index (χ0n) is 10.1. The van der Waals surface area contributed by atoms with E-state index in [4.69, 9.17) is 11.5 Å². The molecule has 1 amide bonds. The summed E-state index contributed by atoms with van der Waals surface area (Å²) in [5, 5.41) is 12.4. The lowest BCUT2D eigenvalue weighted by Crippen LogP contribution is -2.21. The largest absolute Gasteiger partial charge is 0.397 e. The molecule has 2 unspecified atom stereocenters. The van der Waals surface area contributed by atoms with Gasteiger partial charge in [0.25, 0.3) is 0 Å². The number of rotatable bonds is 5. The van der Waals surface area contributed by atoms with E-state index in [0.717, 1.165) is 5.69 Å². The molecule has 5 nitrogen and oxygen atoms in total. The van der Waals surface area contributed by atoms with Gasteiger partial charge in [-0.15, -0.1) is 0 Å². The molecule has 1 rings (SSSR count). The lowest BCUT2D eigenvalue weighted by atomic mass is 10.1. The van der Waals surface area contributed by atoms with Gasteiger partial charge in [-0.2, -0.15) is 0 Å². The van der Waals surface area contributed by atoms with Gasteiger partial charge in [-0.1, -0.05) is 0 Å². The first kappa shape index (κ1) is 13.3. The van der Waals surface area contributed by atoms with Gasteiger partial charge in [0, 0.05) is 11.6 Å². The lowest BCUT2D eigenvalue weighted by Gasteiger charge is -2.18. The van der Waals surface area contributed by atoms with Crippen LogP contribution in [-0.4, -0.2) is 23.2 Å². The number of aliphatic hydroxyl groups excluding tert-OH is 1. The Morgan fingerprint density at radius 2 is 2.12 bits per heavy atom. The van der Waals surface area contributed by atoms with Crippen molar-refractivity contribution in [1.29, 1.82) is 0 Å². The molecule has 0 aliphatic rings. The number of carbonyl (C=O) groups is 1. The predicted octanol–water partition coefficient (Wildman–Crippen LogP) is 0.939. The summed E-state index contributed by atoms with van der Waals surface area (Å²) in [6.07, 6.45) is 0.250. The molecule has 0 aliphatic heterocycles. The number of hydrogen-bond acceptors (Lipinski definition) is 4. The maximum absolute atomic E-state index is 10.9. The van der Waals surface area contributed by atoms with Crippen molar-refractivity contribution in [3.8, 4) is 0 Å². The summed E-state index contributed by atoms with van der Waals surface area (Å²) in [6.45, 7) is 3.69. The maximum Gasteiger partial charge on any atom is 0.248 e. The molecular formula is C12H19N3O2. The highest BCUT2D eigenvalue weighted by Crippen LogP contribution is 2.21. The molecule has 0 spiro atoms. The van der Waals surface area contributed by atoms with Gasteiger partial charge in [-0.3, -0.25) is 4.79 Å². The molecule has 1 aromatic rings. The van der Waals surface area contributed by atoms with Gasteiger partial charge in [-0.25, -0.2) is 0 Å². The summed E-state index contributed by atoms with van der Waals surface area (Å²) >= 11 is 0. The van der Waals surface area contributed by atoms with Crippen molar-refractivity contribution in [3.05, 3.63) is 23.8 Å².